The summed E-state index contributed by atoms with van der Waals surface area (Å²) >= 11 is 0. The number of carbonyl (C=O) groups is 3. The van der Waals surface area contributed by atoms with Crippen LogP contribution in [0.2, 0.25) is 0 Å². The van der Waals surface area contributed by atoms with E-state index < -0.39 is 0 Å². The van der Waals surface area contributed by atoms with Crippen LogP contribution in [0.25, 0.3) is 6.08 Å². The molecule has 0 saturated carbocycles. The third-order valence-electron chi connectivity index (χ3n) is 5.53. The number of furan rings is 1. The minimum atomic E-state index is -0.359. The number of hydrogen-bond donors (Lipinski definition) is 2. The molecule has 2 N–H and O–H groups in total. The highest BCUT2D eigenvalue weighted by Gasteiger charge is 2.26. The fourth-order valence-corrected chi connectivity index (χ4v) is 3.72. The van der Waals surface area contributed by atoms with Gasteiger partial charge in [-0.25, -0.2) is 0 Å². The summed E-state index contributed by atoms with van der Waals surface area (Å²) in [4.78, 5) is 39.1. The Hall–Kier alpha value is -4.13. The number of nitrogens with one attached hydrogen (secondary N) is 2. The number of nitrogens with zero attached hydrogens (tertiary/aromatic N) is 1. The highest BCUT2D eigenvalue weighted by atomic mass is 16.3. The number of piperidine rings is 1. The molecule has 3 aromatic rings. The standard InChI is InChI=1S/C26H25N3O4/c30-24(12-11-19-6-2-1-3-7-19)29-15-13-20(14-16-29)25(31)27-21-8-4-9-22(18-21)28-26(32)23-10-5-17-33-23/h1-12,17-18,20H,13-16H2,(H,27,31)(H,28,32)/b12-11+. The van der Waals surface area contributed by atoms with Crippen molar-refractivity contribution in [1.29, 1.82) is 0 Å². The Labute approximate surface area is 192 Å². The zero-order valence-electron chi connectivity index (χ0n) is 18.1. The van der Waals surface area contributed by atoms with Crippen LogP contribution in [0.15, 0.2) is 83.5 Å². The van der Waals surface area contributed by atoms with Crippen LogP contribution in [0, 0.1) is 5.92 Å². The van der Waals surface area contributed by atoms with E-state index in [0.717, 1.165) is 5.56 Å². The topological polar surface area (TPSA) is 91.7 Å². The second-order valence-corrected chi connectivity index (χ2v) is 7.85. The van der Waals surface area contributed by atoms with Crippen LogP contribution in [0.3, 0.4) is 0 Å². The molecule has 7 heteroatoms. The van der Waals surface area contributed by atoms with Crippen molar-refractivity contribution in [3.63, 3.8) is 0 Å². The van der Waals surface area contributed by atoms with E-state index in [1.807, 2.05) is 30.3 Å². The summed E-state index contributed by atoms with van der Waals surface area (Å²) in [6, 6.07) is 19.9. The normalized spacial score (nSPS) is 14.2. The van der Waals surface area contributed by atoms with E-state index in [9.17, 15) is 14.4 Å². The molecule has 2 aromatic carbocycles. The minimum Gasteiger partial charge on any atom is -0.459 e. The summed E-state index contributed by atoms with van der Waals surface area (Å²) < 4.78 is 5.09. The van der Waals surface area contributed by atoms with Crippen LogP contribution in [-0.2, 0) is 9.59 Å². The smallest absolute Gasteiger partial charge is 0.291 e. The number of benzene rings is 2. The first kappa shape index (κ1) is 22.1. The van der Waals surface area contributed by atoms with Crippen LogP contribution in [0.4, 0.5) is 11.4 Å². The van der Waals surface area contributed by atoms with Gasteiger partial charge in [0, 0.05) is 36.5 Å². The number of amides is 3. The molecule has 0 unspecified atom stereocenters. The average molecular weight is 444 g/mol. The van der Waals surface area contributed by atoms with Crippen molar-refractivity contribution in [2.45, 2.75) is 12.8 Å². The molecule has 0 spiro atoms. The van der Waals surface area contributed by atoms with Gasteiger partial charge in [-0.05, 0) is 54.8 Å². The van der Waals surface area contributed by atoms with E-state index in [4.69, 9.17) is 4.42 Å². The highest BCUT2D eigenvalue weighted by molar-refractivity contribution is 6.02. The lowest BCUT2D eigenvalue weighted by molar-refractivity contribution is -0.130. The summed E-state index contributed by atoms with van der Waals surface area (Å²) in [6.45, 7) is 1.07. The molecule has 0 atom stereocenters. The van der Waals surface area contributed by atoms with Crippen molar-refractivity contribution in [2.75, 3.05) is 23.7 Å². The van der Waals surface area contributed by atoms with Gasteiger partial charge >= 0.3 is 0 Å². The van der Waals surface area contributed by atoms with E-state index in [-0.39, 0.29) is 29.4 Å². The van der Waals surface area contributed by atoms with E-state index >= 15 is 0 Å². The molecule has 168 valence electrons. The van der Waals surface area contributed by atoms with E-state index in [1.54, 1.807) is 53.5 Å². The Morgan fingerprint density at radius 1 is 0.879 bits per heavy atom. The van der Waals surface area contributed by atoms with Gasteiger partial charge in [0.15, 0.2) is 5.76 Å². The second-order valence-electron chi connectivity index (χ2n) is 7.85. The van der Waals surface area contributed by atoms with Gasteiger partial charge in [0.2, 0.25) is 11.8 Å². The monoisotopic (exact) mass is 443 g/mol. The molecular weight excluding hydrogens is 418 g/mol. The molecule has 0 bridgehead atoms. The summed E-state index contributed by atoms with van der Waals surface area (Å²) in [5.74, 6) is -0.450. The van der Waals surface area contributed by atoms with Crippen LogP contribution >= 0.6 is 0 Å². The summed E-state index contributed by atoms with van der Waals surface area (Å²) in [6.07, 6.45) is 6.03. The molecule has 1 aliphatic rings. The molecule has 33 heavy (non-hydrogen) atoms. The third-order valence-corrected chi connectivity index (χ3v) is 5.53. The molecule has 4 rings (SSSR count). The predicted molar refractivity (Wildman–Crippen MR) is 127 cm³/mol. The predicted octanol–water partition coefficient (Wildman–Crippen LogP) is 4.42. The Morgan fingerprint density at radius 3 is 2.30 bits per heavy atom. The Balaban J connectivity index is 1.27. The van der Waals surface area contributed by atoms with Crippen molar-refractivity contribution in [3.8, 4) is 0 Å². The highest BCUT2D eigenvalue weighted by Crippen LogP contribution is 2.22. The van der Waals surface area contributed by atoms with Gasteiger partial charge in [0.25, 0.3) is 5.91 Å². The fourth-order valence-electron chi connectivity index (χ4n) is 3.72. The van der Waals surface area contributed by atoms with Crippen molar-refractivity contribution >= 4 is 35.2 Å². The summed E-state index contributed by atoms with van der Waals surface area (Å²) in [7, 11) is 0. The summed E-state index contributed by atoms with van der Waals surface area (Å²) in [5, 5.41) is 5.66. The van der Waals surface area contributed by atoms with E-state index in [0.29, 0.717) is 37.3 Å². The Morgan fingerprint density at radius 2 is 1.61 bits per heavy atom. The second kappa shape index (κ2) is 10.5. The minimum absolute atomic E-state index is 0.0438. The number of rotatable bonds is 6. The molecule has 1 saturated heterocycles. The van der Waals surface area contributed by atoms with E-state index in [1.165, 1.54) is 6.26 Å². The average Bonchev–Trinajstić information content (AvgIpc) is 3.39. The summed E-state index contributed by atoms with van der Waals surface area (Å²) in [5.41, 5.74) is 2.13. The molecular formula is C26H25N3O4. The van der Waals surface area contributed by atoms with Gasteiger partial charge in [0.05, 0.1) is 6.26 Å². The van der Waals surface area contributed by atoms with Crippen LogP contribution < -0.4 is 10.6 Å². The zero-order valence-corrected chi connectivity index (χ0v) is 18.1. The maximum atomic E-state index is 12.7. The first-order valence-electron chi connectivity index (χ1n) is 10.9. The van der Waals surface area contributed by atoms with Crippen molar-refractivity contribution < 1.29 is 18.8 Å². The van der Waals surface area contributed by atoms with Crippen molar-refractivity contribution in [3.05, 3.63) is 90.4 Å². The third kappa shape index (κ3) is 5.98. The lowest BCUT2D eigenvalue weighted by atomic mass is 9.95. The lowest BCUT2D eigenvalue weighted by Gasteiger charge is -2.30. The first-order valence-corrected chi connectivity index (χ1v) is 10.9. The van der Waals surface area contributed by atoms with Gasteiger partial charge in [-0.1, -0.05) is 36.4 Å². The molecule has 2 heterocycles. The number of carbonyl (C=O) groups excluding carboxylic acids is 3. The first-order chi connectivity index (χ1) is 16.1. The largest absolute Gasteiger partial charge is 0.459 e. The number of hydrogen-bond acceptors (Lipinski definition) is 4. The van der Waals surface area contributed by atoms with Crippen LogP contribution in [0.1, 0.15) is 29.0 Å². The molecule has 1 aromatic heterocycles. The number of likely N-dealkylation sites (tertiary alicyclic amines) is 1. The SMILES string of the molecule is O=C(Nc1cccc(NC(=O)C2CCN(C(=O)/C=C/c3ccccc3)CC2)c1)c1ccco1. The molecule has 0 aliphatic carbocycles. The quantitative estimate of drug-likeness (QED) is 0.552. The Bertz CT molecular complexity index is 1130. The van der Waals surface area contributed by atoms with Gasteiger partial charge in [0.1, 0.15) is 0 Å². The maximum Gasteiger partial charge on any atom is 0.291 e. The fraction of sp³-hybridized carbons (Fsp3) is 0.192. The maximum absolute atomic E-state index is 12.7. The van der Waals surface area contributed by atoms with E-state index in [2.05, 4.69) is 10.6 Å². The Kier molecular flexibility index (Phi) is 6.99. The van der Waals surface area contributed by atoms with Gasteiger partial charge in [-0.3, -0.25) is 14.4 Å². The molecule has 1 aliphatic heterocycles. The molecule has 3 amide bonds. The number of anilines is 2. The van der Waals surface area contributed by atoms with Crippen molar-refractivity contribution in [1.82, 2.24) is 4.90 Å². The lowest BCUT2D eigenvalue weighted by Crippen LogP contribution is -2.40. The van der Waals surface area contributed by atoms with Crippen LogP contribution in [0.5, 0.6) is 0 Å². The zero-order chi connectivity index (χ0) is 23.0. The molecule has 0 radical (unpaired) electrons. The van der Waals surface area contributed by atoms with Crippen LogP contribution in [-0.4, -0.2) is 35.7 Å². The molecule has 1 fully saturated rings. The molecule has 7 nitrogen and oxygen atoms in total. The van der Waals surface area contributed by atoms with Gasteiger partial charge < -0.3 is 20.0 Å². The van der Waals surface area contributed by atoms with Gasteiger partial charge in [-0.2, -0.15) is 0 Å². The van der Waals surface area contributed by atoms with Crippen molar-refractivity contribution in [2.24, 2.45) is 5.92 Å². The van der Waals surface area contributed by atoms with Gasteiger partial charge in [-0.15, -0.1) is 0 Å².